The Kier molecular flexibility index (Phi) is 5.28. The number of nitrogens with two attached hydrogens (primary N) is 1. The van der Waals surface area contributed by atoms with Gasteiger partial charge in [-0.25, -0.2) is 0 Å². The number of likely N-dealkylation sites (N-methyl/N-ethyl adjacent to an activating group) is 1. The molecule has 5 heteroatoms. The first-order valence-corrected chi connectivity index (χ1v) is 5.13. The van der Waals surface area contributed by atoms with Crippen molar-refractivity contribution in [1.82, 2.24) is 10.2 Å². The highest BCUT2D eigenvalue weighted by molar-refractivity contribution is 6.35. The first-order valence-electron chi connectivity index (χ1n) is 5.13. The van der Waals surface area contributed by atoms with Crippen LogP contribution in [0.1, 0.15) is 27.2 Å². The summed E-state index contributed by atoms with van der Waals surface area (Å²) >= 11 is 0. The third-order valence-corrected chi connectivity index (χ3v) is 2.70. The molecule has 0 unspecified atom stereocenters. The van der Waals surface area contributed by atoms with Crippen molar-refractivity contribution in [1.29, 1.82) is 0 Å². The molecule has 0 aromatic rings. The van der Waals surface area contributed by atoms with E-state index in [1.807, 2.05) is 20.8 Å². The van der Waals surface area contributed by atoms with Crippen molar-refractivity contribution in [2.75, 3.05) is 20.1 Å². The molecule has 0 atom stereocenters. The van der Waals surface area contributed by atoms with Gasteiger partial charge in [0.25, 0.3) is 0 Å². The molecule has 0 aliphatic heterocycles. The SMILES string of the molecule is CCC(C)(C)N(C)C(=O)C(=O)NCCN. The van der Waals surface area contributed by atoms with Crippen LogP contribution in [0.15, 0.2) is 0 Å². The van der Waals surface area contributed by atoms with E-state index in [9.17, 15) is 9.59 Å². The average Bonchev–Trinajstić information content (AvgIpc) is 2.23. The lowest BCUT2D eigenvalue weighted by Crippen LogP contribution is -2.51. The van der Waals surface area contributed by atoms with Gasteiger partial charge in [-0.2, -0.15) is 0 Å². The smallest absolute Gasteiger partial charge is 0.312 e. The molecule has 0 aliphatic rings. The van der Waals surface area contributed by atoms with Crippen LogP contribution in [0.3, 0.4) is 0 Å². The van der Waals surface area contributed by atoms with Gasteiger partial charge in [-0.15, -0.1) is 0 Å². The zero-order valence-electron chi connectivity index (χ0n) is 9.96. The fourth-order valence-corrected chi connectivity index (χ4v) is 0.926. The van der Waals surface area contributed by atoms with E-state index in [1.54, 1.807) is 7.05 Å². The first-order chi connectivity index (χ1) is 6.86. The number of hydrogen-bond donors (Lipinski definition) is 2. The largest absolute Gasteiger partial charge is 0.347 e. The molecule has 0 saturated heterocycles. The molecule has 0 radical (unpaired) electrons. The van der Waals surface area contributed by atoms with Crippen molar-refractivity contribution in [2.45, 2.75) is 32.7 Å². The molecule has 0 spiro atoms. The van der Waals surface area contributed by atoms with Crippen LogP contribution in [0, 0.1) is 0 Å². The van der Waals surface area contributed by atoms with E-state index in [2.05, 4.69) is 5.32 Å². The molecule has 0 saturated carbocycles. The van der Waals surface area contributed by atoms with Crippen LogP contribution in [-0.2, 0) is 9.59 Å². The third-order valence-electron chi connectivity index (χ3n) is 2.70. The minimum absolute atomic E-state index is 0.308. The molecule has 0 heterocycles. The molecule has 3 N–H and O–H groups in total. The topological polar surface area (TPSA) is 75.4 Å². The van der Waals surface area contributed by atoms with Crippen molar-refractivity contribution in [3.63, 3.8) is 0 Å². The summed E-state index contributed by atoms with van der Waals surface area (Å²) in [6.45, 7) is 6.47. The number of hydrogen-bond acceptors (Lipinski definition) is 3. The fraction of sp³-hybridized carbons (Fsp3) is 0.800. The number of rotatable bonds is 4. The molecule has 88 valence electrons. The van der Waals surface area contributed by atoms with Gasteiger partial charge < -0.3 is 16.0 Å². The molecular weight excluding hydrogens is 194 g/mol. The molecule has 0 aromatic heterocycles. The molecule has 5 nitrogen and oxygen atoms in total. The van der Waals surface area contributed by atoms with Gasteiger partial charge in [-0.1, -0.05) is 6.92 Å². The summed E-state index contributed by atoms with van der Waals surface area (Å²) in [6.07, 6.45) is 0.791. The van der Waals surface area contributed by atoms with Gasteiger partial charge in [0.1, 0.15) is 0 Å². The Labute approximate surface area is 91.0 Å². The quantitative estimate of drug-likeness (QED) is 0.633. The molecule has 2 amide bonds. The summed E-state index contributed by atoms with van der Waals surface area (Å²) in [4.78, 5) is 24.4. The van der Waals surface area contributed by atoms with E-state index in [4.69, 9.17) is 5.73 Å². The normalized spacial score (nSPS) is 11.0. The van der Waals surface area contributed by atoms with E-state index < -0.39 is 11.8 Å². The second kappa shape index (κ2) is 5.70. The maximum Gasteiger partial charge on any atom is 0.312 e. The Balaban J connectivity index is 4.38. The minimum Gasteiger partial charge on any atom is -0.347 e. The van der Waals surface area contributed by atoms with Crippen LogP contribution >= 0.6 is 0 Å². The molecule has 0 fully saturated rings. The van der Waals surface area contributed by atoms with Crippen LogP contribution in [0.25, 0.3) is 0 Å². The van der Waals surface area contributed by atoms with E-state index >= 15 is 0 Å². The zero-order valence-corrected chi connectivity index (χ0v) is 9.96. The van der Waals surface area contributed by atoms with Crippen LogP contribution in [0.5, 0.6) is 0 Å². The molecule has 15 heavy (non-hydrogen) atoms. The van der Waals surface area contributed by atoms with Crippen LogP contribution in [-0.4, -0.2) is 42.4 Å². The molecule has 0 aliphatic carbocycles. The monoisotopic (exact) mass is 215 g/mol. The van der Waals surface area contributed by atoms with E-state index in [1.165, 1.54) is 4.90 Å². The molecule has 0 aromatic carbocycles. The highest BCUT2D eigenvalue weighted by Crippen LogP contribution is 2.16. The van der Waals surface area contributed by atoms with Crippen molar-refractivity contribution >= 4 is 11.8 Å². The van der Waals surface area contributed by atoms with Crippen molar-refractivity contribution in [3.8, 4) is 0 Å². The van der Waals surface area contributed by atoms with Crippen molar-refractivity contribution in [3.05, 3.63) is 0 Å². The second-order valence-electron chi connectivity index (χ2n) is 4.07. The standard InChI is InChI=1S/C10H21N3O2/c1-5-10(2,3)13(4)9(15)8(14)12-7-6-11/h5-7,11H2,1-4H3,(H,12,14). The van der Waals surface area contributed by atoms with Crippen LogP contribution in [0.4, 0.5) is 0 Å². The lowest BCUT2D eigenvalue weighted by Gasteiger charge is -2.34. The van der Waals surface area contributed by atoms with Gasteiger partial charge in [-0.3, -0.25) is 9.59 Å². The maximum absolute atomic E-state index is 11.6. The number of nitrogens with one attached hydrogen (secondary N) is 1. The minimum atomic E-state index is -0.593. The van der Waals surface area contributed by atoms with Gasteiger partial charge in [0.05, 0.1) is 0 Å². The number of amides is 2. The Morgan fingerprint density at radius 2 is 1.93 bits per heavy atom. The summed E-state index contributed by atoms with van der Waals surface area (Å²) in [5, 5.41) is 2.45. The fourth-order valence-electron chi connectivity index (χ4n) is 0.926. The van der Waals surface area contributed by atoms with Crippen LogP contribution < -0.4 is 11.1 Å². The summed E-state index contributed by atoms with van der Waals surface area (Å²) in [5.41, 5.74) is 4.92. The second-order valence-corrected chi connectivity index (χ2v) is 4.07. The number of carbonyl (C=O) groups is 2. The zero-order chi connectivity index (χ0) is 12.1. The van der Waals surface area contributed by atoms with E-state index in [0.717, 1.165) is 6.42 Å². The third kappa shape index (κ3) is 3.87. The summed E-state index contributed by atoms with van der Waals surface area (Å²) in [7, 11) is 1.63. The lowest BCUT2D eigenvalue weighted by molar-refractivity contribution is -0.148. The number of nitrogens with zero attached hydrogens (tertiary/aromatic N) is 1. The average molecular weight is 215 g/mol. The first kappa shape index (κ1) is 13.9. The summed E-state index contributed by atoms with van der Waals surface area (Å²) in [5.74, 6) is -1.11. The maximum atomic E-state index is 11.6. The summed E-state index contributed by atoms with van der Waals surface area (Å²) in [6, 6.07) is 0. The Bertz CT molecular complexity index is 239. The Morgan fingerprint density at radius 3 is 2.33 bits per heavy atom. The van der Waals surface area contributed by atoms with Gasteiger partial charge in [0, 0.05) is 25.7 Å². The van der Waals surface area contributed by atoms with E-state index in [-0.39, 0.29) is 5.54 Å². The van der Waals surface area contributed by atoms with Gasteiger partial charge in [0.15, 0.2) is 0 Å². The highest BCUT2D eigenvalue weighted by atomic mass is 16.2. The van der Waals surface area contributed by atoms with Crippen LogP contribution in [0.2, 0.25) is 0 Å². The summed E-state index contributed by atoms with van der Waals surface area (Å²) < 4.78 is 0. The van der Waals surface area contributed by atoms with Gasteiger partial charge >= 0.3 is 11.8 Å². The van der Waals surface area contributed by atoms with Crippen molar-refractivity contribution in [2.24, 2.45) is 5.73 Å². The number of carbonyl (C=O) groups excluding carboxylic acids is 2. The predicted molar refractivity (Wildman–Crippen MR) is 59.2 cm³/mol. The highest BCUT2D eigenvalue weighted by Gasteiger charge is 2.29. The van der Waals surface area contributed by atoms with Gasteiger partial charge in [0.2, 0.25) is 0 Å². The lowest BCUT2D eigenvalue weighted by atomic mass is 10.00. The molecular formula is C10H21N3O2. The Hall–Kier alpha value is -1.10. The van der Waals surface area contributed by atoms with E-state index in [0.29, 0.717) is 13.1 Å². The molecule has 0 rings (SSSR count). The van der Waals surface area contributed by atoms with Gasteiger partial charge in [-0.05, 0) is 20.3 Å². The molecule has 0 bridgehead atoms. The van der Waals surface area contributed by atoms with Crippen molar-refractivity contribution < 1.29 is 9.59 Å². The predicted octanol–water partition coefficient (Wildman–Crippen LogP) is -0.292. The Morgan fingerprint density at radius 1 is 1.40 bits per heavy atom.